The molecule has 0 bridgehead atoms. The van der Waals surface area contributed by atoms with E-state index >= 15 is 0 Å². The fourth-order valence-electron chi connectivity index (χ4n) is 4.29. The third-order valence-corrected chi connectivity index (χ3v) is 6.70. The van der Waals surface area contributed by atoms with Crippen LogP contribution in [0.5, 0.6) is 0 Å². The molecule has 2 amide bonds. The van der Waals surface area contributed by atoms with Gasteiger partial charge < -0.3 is 15.6 Å². The highest BCUT2D eigenvalue weighted by atomic mass is 32.1. The van der Waals surface area contributed by atoms with Crippen molar-refractivity contribution in [2.45, 2.75) is 32.8 Å². The Hall–Kier alpha value is -3.43. The van der Waals surface area contributed by atoms with E-state index in [1.165, 1.54) is 11.3 Å². The number of cyclic esters (lactones) is 1. The average Bonchev–Trinajstić information content (AvgIpc) is 3.37. The number of thiophene rings is 1. The summed E-state index contributed by atoms with van der Waals surface area (Å²) >= 11 is 1.28. The number of ether oxygens (including phenoxy) is 1. The molecular formula is C24H25N3O5S. The second-order valence-electron chi connectivity index (χ2n) is 8.07. The van der Waals surface area contributed by atoms with Gasteiger partial charge in [0.25, 0.3) is 11.5 Å². The molecule has 0 saturated carbocycles. The van der Waals surface area contributed by atoms with Gasteiger partial charge in [0.1, 0.15) is 6.10 Å². The smallest absolute Gasteiger partial charge is 0.414 e. The predicted molar refractivity (Wildman–Crippen MR) is 126 cm³/mol. The van der Waals surface area contributed by atoms with E-state index in [9.17, 15) is 19.5 Å². The first-order valence-corrected chi connectivity index (χ1v) is 11.5. The predicted octanol–water partition coefficient (Wildman–Crippen LogP) is 2.72. The molecule has 8 nitrogen and oxygen atoms in total. The summed E-state index contributed by atoms with van der Waals surface area (Å²) in [5, 5.41) is 11.0. The van der Waals surface area contributed by atoms with E-state index in [4.69, 9.17) is 10.5 Å². The Morgan fingerprint density at radius 2 is 1.94 bits per heavy atom. The van der Waals surface area contributed by atoms with Crippen molar-refractivity contribution in [2.24, 2.45) is 5.73 Å². The van der Waals surface area contributed by atoms with E-state index in [1.54, 1.807) is 33.2 Å². The monoisotopic (exact) mass is 467 g/mol. The van der Waals surface area contributed by atoms with Crippen molar-refractivity contribution < 1.29 is 19.4 Å². The number of nitrogens with two attached hydrogens (primary N) is 1. The van der Waals surface area contributed by atoms with Crippen LogP contribution in [0.2, 0.25) is 0 Å². The molecule has 9 heteroatoms. The zero-order valence-corrected chi connectivity index (χ0v) is 19.2. The van der Waals surface area contributed by atoms with Crippen LogP contribution in [0.3, 0.4) is 0 Å². The lowest BCUT2D eigenvalue weighted by molar-refractivity contribution is 0.100. The van der Waals surface area contributed by atoms with Gasteiger partial charge in [-0.05, 0) is 60.2 Å². The van der Waals surface area contributed by atoms with Gasteiger partial charge in [-0.3, -0.25) is 19.1 Å². The van der Waals surface area contributed by atoms with Crippen LogP contribution in [0.1, 0.15) is 31.9 Å². The minimum atomic E-state index is -0.485. The van der Waals surface area contributed by atoms with Gasteiger partial charge in [-0.25, -0.2) is 4.79 Å². The van der Waals surface area contributed by atoms with Crippen LogP contribution in [-0.2, 0) is 17.6 Å². The number of amides is 2. The first-order valence-electron chi connectivity index (χ1n) is 10.6. The lowest BCUT2D eigenvalue weighted by Gasteiger charge is -2.19. The maximum atomic E-state index is 12.9. The number of primary amides is 1. The number of aliphatic hydroxyl groups is 1. The number of aryl methyl sites for hydroxylation is 2. The molecule has 2 aromatic heterocycles. The van der Waals surface area contributed by atoms with Crippen molar-refractivity contribution in [1.29, 1.82) is 0 Å². The number of rotatable bonds is 7. The Balaban J connectivity index is 1.60. The SMILES string of the molecule is Cc1cc(N2C[C@H](Cc3ccsc3C(N)=O)OC2=O)cc(C)c1-n1cccc(CCO)c1=O. The van der Waals surface area contributed by atoms with Crippen LogP contribution in [0.15, 0.2) is 46.7 Å². The van der Waals surface area contributed by atoms with Crippen molar-refractivity contribution >= 4 is 29.0 Å². The normalized spacial score (nSPS) is 15.7. The standard InChI is InChI=1S/C24H25N3O5S/c1-14-10-18(11-15(2)20(14)26-7-3-4-16(5-8-28)23(26)30)27-13-19(32-24(27)31)12-17-6-9-33-21(17)22(25)29/h3-4,6-7,9-11,19,28H,5,8,12-13H2,1-2H3,(H2,25,29)/t19-/m0/s1. The van der Waals surface area contributed by atoms with E-state index < -0.39 is 18.1 Å². The number of aromatic nitrogens is 1. The maximum absolute atomic E-state index is 12.9. The molecule has 33 heavy (non-hydrogen) atoms. The van der Waals surface area contributed by atoms with Crippen LogP contribution in [-0.4, -0.2) is 40.9 Å². The molecule has 0 unspecified atom stereocenters. The molecule has 1 saturated heterocycles. The zero-order valence-electron chi connectivity index (χ0n) is 18.4. The lowest BCUT2D eigenvalue weighted by Crippen LogP contribution is -2.26. The Morgan fingerprint density at radius 3 is 2.61 bits per heavy atom. The van der Waals surface area contributed by atoms with Gasteiger partial charge in [-0.2, -0.15) is 0 Å². The van der Waals surface area contributed by atoms with Crippen LogP contribution >= 0.6 is 11.3 Å². The van der Waals surface area contributed by atoms with Crippen LogP contribution in [0.25, 0.3) is 5.69 Å². The van der Waals surface area contributed by atoms with Crippen molar-refractivity contribution in [2.75, 3.05) is 18.1 Å². The molecule has 3 heterocycles. The first kappa shape index (κ1) is 22.8. The molecule has 1 atom stereocenters. The molecule has 1 fully saturated rings. The second kappa shape index (κ2) is 9.21. The summed E-state index contributed by atoms with van der Waals surface area (Å²) in [6, 6.07) is 9.04. The molecule has 0 radical (unpaired) electrons. The summed E-state index contributed by atoms with van der Waals surface area (Å²) in [5.74, 6) is -0.485. The highest BCUT2D eigenvalue weighted by Gasteiger charge is 2.33. The van der Waals surface area contributed by atoms with Gasteiger partial charge in [0, 0.05) is 36.9 Å². The highest BCUT2D eigenvalue weighted by Crippen LogP contribution is 2.30. The summed E-state index contributed by atoms with van der Waals surface area (Å²) in [7, 11) is 0. The topological polar surface area (TPSA) is 115 Å². The van der Waals surface area contributed by atoms with E-state index in [1.807, 2.05) is 32.0 Å². The Bertz CT molecular complexity index is 1260. The number of anilines is 1. The summed E-state index contributed by atoms with van der Waals surface area (Å²) in [5.41, 5.74) is 9.66. The van der Waals surface area contributed by atoms with E-state index in [-0.39, 0.29) is 12.2 Å². The molecule has 1 aromatic carbocycles. The van der Waals surface area contributed by atoms with Gasteiger partial charge in [0.15, 0.2) is 0 Å². The molecular weight excluding hydrogens is 442 g/mol. The number of nitrogens with zero attached hydrogens (tertiary/aromatic N) is 2. The maximum Gasteiger partial charge on any atom is 0.414 e. The quantitative estimate of drug-likeness (QED) is 0.554. The molecule has 4 rings (SSSR count). The third-order valence-electron chi connectivity index (χ3n) is 5.73. The molecule has 1 aliphatic rings. The summed E-state index contributed by atoms with van der Waals surface area (Å²) in [6.45, 7) is 4.03. The third kappa shape index (κ3) is 4.42. The summed E-state index contributed by atoms with van der Waals surface area (Å²) in [6.07, 6.45) is 1.55. The number of carbonyl (C=O) groups is 2. The molecule has 0 spiro atoms. The molecule has 3 aromatic rings. The number of hydrogen-bond acceptors (Lipinski definition) is 6. The lowest BCUT2D eigenvalue weighted by atomic mass is 10.1. The Kier molecular flexibility index (Phi) is 6.35. The Morgan fingerprint density at radius 1 is 1.21 bits per heavy atom. The molecule has 1 aliphatic heterocycles. The van der Waals surface area contributed by atoms with Gasteiger partial charge in [-0.1, -0.05) is 6.07 Å². The van der Waals surface area contributed by atoms with Crippen molar-refractivity contribution in [3.63, 3.8) is 0 Å². The van der Waals surface area contributed by atoms with E-state index in [0.717, 1.165) is 22.4 Å². The van der Waals surface area contributed by atoms with Gasteiger partial charge in [0.2, 0.25) is 0 Å². The number of aliphatic hydroxyl groups excluding tert-OH is 1. The number of hydrogen-bond donors (Lipinski definition) is 2. The first-order chi connectivity index (χ1) is 15.8. The Labute approximate surface area is 194 Å². The van der Waals surface area contributed by atoms with E-state index in [0.29, 0.717) is 35.5 Å². The van der Waals surface area contributed by atoms with Crippen LogP contribution < -0.4 is 16.2 Å². The fourth-order valence-corrected chi connectivity index (χ4v) is 5.08. The molecule has 3 N–H and O–H groups in total. The zero-order chi connectivity index (χ0) is 23.7. The number of benzene rings is 1. The van der Waals surface area contributed by atoms with E-state index in [2.05, 4.69) is 0 Å². The minimum absolute atomic E-state index is 0.0965. The minimum Gasteiger partial charge on any atom is -0.444 e. The van der Waals surface area contributed by atoms with Crippen LogP contribution in [0.4, 0.5) is 10.5 Å². The second-order valence-corrected chi connectivity index (χ2v) is 8.99. The van der Waals surface area contributed by atoms with Gasteiger partial charge >= 0.3 is 6.09 Å². The fraction of sp³-hybridized carbons (Fsp3) is 0.292. The summed E-state index contributed by atoms with van der Waals surface area (Å²) in [4.78, 5) is 39.1. The van der Waals surface area contributed by atoms with Crippen LogP contribution in [0, 0.1) is 13.8 Å². The van der Waals surface area contributed by atoms with Crippen molar-refractivity contribution in [3.05, 3.63) is 79.4 Å². The molecule has 0 aliphatic carbocycles. The van der Waals surface area contributed by atoms with Crippen molar-refractivity contribution in [1.82, 2.24) is 4.57 Å². The average molecular weight is 468 g/mol. The van der Waals surface area contributed by atoms with Crippen molar-refractivity contribution in [3.8, 4) is 5.69 Å². The van der Waals surface area contributed by atoms with Gasteiger partial charge in [-0.15, -0.1) is 11.3 Å². The summed E-state index contributed by atoms with van der Waals surface area (Å²) < 4.78 is 7.13. The largest absolute Gasteiger partial charge is 0.444 e. The number of carbonyl (C=O) groups excluding carboxylic acids is 2. The molecule has 172 valence electrons. The highest BCUT2D eigenvalue weighted by molar-refractivity contribution is 7.12. The van der Waals surface area contributed by atoms with Gasteiger partial charge in [0.05, 0.1) is 17.1 Å². The number of pyridine rings is 1.